The lowest BCUT2D eigenvalue weighted by Gasteiger charge is -2.38. The second-order valence-electron chi connectivity index (χ2n) is 6.52. The molecule has 1 aliphatic carbocycles. The summed E-state index contributed by atoms with van der Waals surface area (Å²) >= 11 is 0. The maximum atomic E-state index is 9.69. The third-order valence-electron chi connectivity index (χ3n) is 4.44. The molecule has 2 atom stereocenters. The first-order valence-corrected chi connectivity index (χ1v) is 8.29. The second-order valence-corrected chi connectivity index (χ2v) is 6.52. The number of hydrogen-bond donors (Lipinski definition) is 1. The number of aromatic nitrogens is 2. The molecule has 1 aliphatic rings. The summed E-state index contributed by atoms with van der Waals surface area (Å²) in [6.07, 6.45) is 5.99. The molecule has 2 unspecified atom stereocenters. The minimum atomic E-state index is -0.388. The summed E-state index contributed by atoms with van der Waals surface area (Å²) in [4.78, 5) is 0. The molecule has 0 bridgehead atoms. The molecule has 21 heavy (non-hydrogen) atoms. The summed E-state index contributed by atoms with van der Waals surface area (Å²) < 4.78 is 2.20. The van der Waals surface area contributed by atoms with Crippen LogP contribution in [-0.4, -0.2) is 21.4 Å². The number of hydrogen-bond acceptors (Lipinski definition) is 3. The van der Waals surface area contributed by atoms with E-state index in [0.717, 1.165) is 44.2 Å². The Morgan fingerprint density at radius 2 is 2.24 bits per heavy atom. The largest absolute Gasteiger partial charge is 0.297 e. The summed E-state index contributed by atoms with van der Waals surface area (Å²) in [6.45, 7) is 8.55. The number of nitriles is 1. The van der Waals surface area contributed by atoms with E-state index in [2.05, 4.69) is 49.8 Å². The summed E-state index contributed by atoms with van der Waals surface area (Å²) in [5, 5.41) is 18.0. The van der Waals surface area contributed by atoms with Crippen molar-refractivity contribution in [3.05, 3.63) is 17.5 Å². The number of nitrogens with one attached hydrogen (secondary N) is 1. The second kappa shape index (κ2) is 6.62. The maximum Gasteiger partial charge on any atom is 0.109 e. The van der Waals surface area contributed by atoms with Gasteiger partial charge in [0.15, 0.2) is 0 Å². The van der Waals surface area contributed by atoms with Gasteiger partial charge in [0.05, 0.1) is 17.8 Å². The van der Waals surface area contributed by atoms with Crippen molar-refractivity contribution in [2.45, 2.75) is 83.8 Å². The molecule has 0 aromatic carbocycles. The molecule has 1 fully saturated rings. The molecule has 1 saturated carbocycles. The molecular formula is C17H28N4. The van der Waals surface area contributed by atoms with Gasteiger partial charge in [-0.2, -0.15) is 10.4 Å². The maximum absolute atomic E-state index is 9.69. The summed E-state index contributed by atoms with van der Waals surface area (Å²) in [6, 6.07) is 5.45. The zero-order valence-electron chi connectivity index (χ0n) is 13.8. The van der Waals surface area contributed by atoms with Crippen LogP contribution in [0.25, 0.3) is 0 Å². The molecule has 4 nitrogen and oxygen atoms in total. The Kier molecular flexibility index (Phi) is 5.05. The van der Waals surface area contributed by atoms with Gasteiger partial charge < -0.3 is 0 Å². The average Bonchev–Trinajstić information content (AvgIpc) is 2.90. The highest BCUT2D eigenvalue weighted by Gasteiger charge is 2.38. The lowest BCUT2D eigenvalue weighted by atomic mass is 9.79. The highest BCUT2D eigenvalue weighted by Crippen LogP contribution is 2.36. The van der Waals surface area contributed by atoms with Crippen molar-refractivity contribution in [1.29, 1.82) is 5.26 Å². The number of rotatable bonds is 5. The molecule has 1 aromatic rings. The topological polar surface area (TPSA) is 53.6 Å². The fourth-order valence-corrected chi connectivity index (χ4v) is 3.51. The molecule has 0 amide bonds. The van der Waals surface area contributed by atoms with Gasteiger partial charge in [-0.1, -0.05) is 13.8 Å². The average molecular weight is 288 g/mol. The quantitative estimate of drug-likeness (QED) is 0.903. The van der Waals surface area contributed by atoms with Crippen molar-refractivity contribution in [1.82, 2.24) is 15.1 Å². The van der Waals surface area contributed by atoms with E-state index in [4.69, 9.17) is 5.10 Å². The van der Waals surface area contributed by atoms with Gasteiger partial charge in [-0.3, -0.25) is 10.00 Å². The highest BCUT2D eigenvalue weighted by atomic mass is 15.3. The summed E-state index contributed by atoms with van der Waals surface area (Å²) in [5.41, 5.74) is 2.08. The lowest BCUT2D eigenvalue weighted by molar-refractivity contribution is 0.207. The Hall–Kier alpha value is -1.34. The highest BCUT2D eigenvalue weighted by molar-refractivity contribution is 5.15. The third-order valence-corrected chi connectivity index (χ3v) is 4.44. The van der Waals surface area contributed by atoms with Gasteiger partial charge in [0.2, 0.25) is 0 Å². The molecule has 0 saturated heterocycles. The minimum absolute atomic E-state index is 0.331. The summed E-state index contributed by atoms with van der Waals surface area (Å²) in [5.74, 6) is 0. The van der Waals surface area contributed by atoms with Crippen molar-refractivity contribution in [2.24, 2.45) is 0 Å². The van der Waals surface area contributed by atoms with Gasteiger partial charge in [-0.05, 0) is 52.0 Å². The van der Waals surface area contributed by atoms with E-state index in [-0.39, 0.29) is 5.54 Å². The summed E-state index contributed by atoms with van der Waals surface area (Å²) in [7, 11) is 0. The standard InChI is InChI=1S/C17H28N4/c1-5-14-10-15(6-2)21(20-14)16-8-7-9-17(11-16,12-18)19-13(3)4/h10,13,16,19H,5-9,11H2,1-4H3. The van der Waals surface area contributed by atoms with Crippen LogP contribution in [0.5, 0.6) is 0 Å². The van der Waals surface area contributed by atoms with E-state index in [9.17, 15) is 5.26 Å². The molecule has 1 heterocycles. The van der Waals surface area contributed by atoms with Crippen LogP contribution in [0.2, 0.25) is 0 Å². The van der Waals surface area contributed by atoms with E-state index in [1.165, 1.54) is 5.69 Å². The minimum Gasteiger partial charge on any atom is -0.297 e. The van der Waals surface area contributed by atoms with Gasteiger partial charge in [0, 0.05) is 18.2 Å². The van der Waals surface area contributed by atoms with Gasteiger partial charge in [0.25, 0.3) is 0 Å². The van der Waals surface area contributed by atoms with Crippen LogP contribution in [0.4, 0.5) is 0 Å². The van der Waals surface area contributed by atoms with Gasteiger partial charge >= 0.3 is 0 Å². The molecule has 1 N–H and O–H groups in total. The first-order chi connectivity index (χ1) is 10.0. The van der Waals surface area contributed by atoms with Crippen molar-refractivity contribution < 1.29 is 0 Å². The Bertz CT molecular complexity index is 511. The van der Waals surface area contributed by atoms with Crippen LogP contribution in [0.1, 0.15) is 70.8 Å². The first kappa shape index (κ1) is 16.0. The molecule has 1 aromatic heterocycles. The van der Waals surface area contributed by atoms with Gasteiger partial charge in [0.1, 0.15) is 5.54 Å². The van der Waals surface area contributed by atoms with Gasteiger partial charge in [-0.25, -0.2) is 0 Å². The zero-order chi connectivity index (χ0) is 15.5. The van der Waals surface area contributed by atoms with Crippen molar-refractivity contribution >= 4 is 0 Å². The predicted molar refractivity (Wildman–Crippen MR) is 85.1 cm³/mol. The Balaban J connectivity index is 2.24. The van der Waals surface area contributed by atoms with E-state index < -0.39 is 0 Å². The van der Waals surface area contributed by atoms with E-state index in [1.807, 2.05) is 0 Å². The first-order valence-electron chi connectivity index (χ1n) is 8.29. The molecule has 2 rings (SSSR count). The van der Waals surface area contributed by atoms with E-state index in [1.54, 1.807) is 0 Å². The van der Waals surface area contributed by atoms with E-state index >= 15 is 0 Å². The van der Waals surface area contributed by atoms with Crippen LogP contribution >= 0.6 is 0 Å². The number of aryl methyl sites for hydroxylation is 2. The van der Waals surface area contributed by atoms with Gasteiger partial charge in [-0.15, -0.1) is 0 Å². The molecule has 0 aliphatic heterocycles. The Morgan fingerprint density at radius 3 is 2.81 bits per heavy atom. The van der Waals surface area contributed by atoms with Crippen molar-refractivity contribution in [2.75, 3.05) is 0 Å². The van der Waals surface area contributed by atoms with Crippen LogP contribution < -0.4 is 5.32 Å². The molecule has 0 spiro atoms. The molecule has 4 heteroatoms. The normalized spacial score (nSPS) is 26.0. The van der Waals surface area contributed by atoms with Crippen LogP contribution in [0, 0.1) is 11.3 Å². The predicted octanol–water partition coefficient (Wildman–Crippen LogP) is 3.38. The van der Waals surface area contributed by atoms with Crippen molar-refractivity contribution in [3.63, 3.8) is 0 Å². The van der Waals surface area contributed by atoms with Crippen LogP contribution in [0.3, 0.4) is 0 Å². The lowest BCUT2D eigenvalue weighted by Crippen LogP contribution is -2.50. The molecular weight excluding hydrogens is 260 g/mol. The number of nitrogens with zero attached hydrogens (tertiary/aromatic N) is 3. The smallest absolute Gasteiger partial charge is 0.109 e. The van der Waals surface area contributed by atoms with E-state index in [0.29, 0.717) is 12.1 Å². The Labute approximate surface area is 128 Å². The molecule has 0 radical (unpaired) electrons. The fourth-order valence-electron chi connectivity index (χ4n) is 3.51. The molecule has 116 valence electrons. The SMILES string of the molecule is CCc1cc(CC)n(C2CCCC(C#N)(NC(C)C)C2)n1. The third kappa shape index (κ3) is 3.47. The Morgan fingerprint density at radius 1 is 1.48 bits per heavy atom. The fraction of sp³-hybridized carbons (Fsp3) is 0.765. The zero-order valence-corrected chi connectivity index (χ0v) is 13.8. The van der Waals surface area contributed by atoms with Crippen molar-refractivity contribution in [3.8, 4) is 6.07 Å². The monoisotopic (exact) mass is 288 g/mol. The van der Waals surface area contributed by atoms with Crippen LogP contribution in [-0.2, 0) is 12.8 Å². The van der Waals surface area contributed by atoms with Crippen LogP contribution in [0.15, 0.2) is 6.07 Å².